The first kappa shape index (κ1) is 12.1. The summed E-state index contributed by atoms with van der Waals surface area (Å²) >= 11 is 0. The van der Waals surface area contributed by atoms with Crippen molar-refractivity contribution in [2.75, 3.05) is 6.54 Å². The van der Waals surface area contributed by atoms with Crippen molar-refractivity contribution < 1.29 is 4.74 Å². The van der Waals surface area contributed by atoms with Crippen LogP contribution in [0, 0.1) is 11.3 Å². The molecule has 0 amide bonds. The molecule has 17 heavy (non-hydrogen) atoms. The van der Waals surface area contributed by atoms with Crippen molar-refractivity contribution in [1.82, 2.24) is 5.32 Å². The molecule has 1 aromatic carbocycles. The second kappa shape index (κ2) is 5.81. The van der Waals surface area contributed by atoms with Gasteiger partial charge in [-0.1, -0.05) is 12.1 Å². The van der Waals surface area contributed by atoms with E-state index in [2.05, 4.69) is 18.3 Å². The second-order valence-electron chi connectivity index (χ2n) is 4.59. The third-order valence-corrected chi connectivity index (χ3v) is 3.08. The Labute approximate surface area is 102 Å². The first-order valence-corrected chi connectivity index (χ1v) is 6.13. The molecule has 1 aliphatic heterocycles. The molecule has 1 saturated heterocycles. The smallest absolute Gasteiger partial charge is 0.0991 e. The number of nitriles is 1. The number of nitrogens with zero attached hydrogens (tertiary/aromatic N) is 1. The molecule has 0 saturated carbocycles. The van der Waals surface area contributed by atoms with Gasteiger partial charge >= 0.3 is 0 Å². The third-order valence-electron chi connectivity index (χ3n) is 3.08. The van der Waals surface area contributed by atoms with Gasteiger partial charge in [0.05, 0.1) is 23.8 Å². The van der Waals surface area contributed by atoms with E-state index in [4.69, 9.17) is 10.00 Å². The lowest BCUT2D eigenvalue weighted by Gasteiger charge is -2.12. The fourth-order valence-electron chi connectivity index (χ4n) is 2.16. The Morgan fingerprint density at radius 3 is 3.06 bits per heavy atom. The van der Waals surface area contributed by atoms with Gasteiger partial charge in [0.25, 0.3) is 0 Å². The molecule has 0 aliphatic carbocycles. The topological polar surface area (TPSA) is 45.0 Å². The molecule has 2 unspecified atom stereocenters. The van der Waals surface area contributed by atoms with E-state index in [0.29, 0.717) is 12.2 Å². The van der Waals surface area contributed by atoms with Crippen LogP contribution in [0.25, 0.3) is 0 Å². The highest BCUT2D eigenvalue weighted by Crippen LogP contribution is 2.18. The number of hydrogen-bond acceptors (Lipinski definition) is 3. The Bertz CT molecular complexity index is 411. The zero-order valence-electron chi connectivity index (χ0n) is 10.1. The van der Waals surface area contributed by atoms with Crippen LogP contribution in [0.4, 0.5) is 0 Å². The summed E-state index contributed by atoms with van der Waals surface area (Å²) in [6.45, 7) is 3.81. The highest BCUT2D eigenvalue weighted by molar-refractivity contribution is 5.32. The summed E-state index contributed by atoms with van der Waals surface area (Å²) in [5.41, 5.74) is 1.87. The van der Waals surface area contributed by atoms with Crippen LogP contribution in [0.2, 0.25) is 0 Å². The van der Waals surface area contributed by atoms with Crippen molar-refractivity contribution in [2.24, 2.45) is 0 Å². The van der Waals surface area contributed by atoms with Crippen LogP contribution >= 0.6 is 0 Å². The summed E-state index contributed by atoms with van der Waals surface area (Å²) in [4.78, 5) is 0. The third kappa shape index (κ3) is 3.55. The summed E-state index contributed by atoms with van der Waals surface area (Å²) in [5, 5.41) is 12.2. The van der Waals surface area contributed by atoms with Gasteiger partial charge in [-0.15, -0.1) is 0 Å². The van der Waals surface area contributed by atoms with Gasteiger partial charge in [-0.05, 0) is 37.5 Å². The van der Waals surface area contributed by atoms with Crippen molar-refractivity contribution in [1.29, 1.82) is 5.26 Å². The molecule has 0 bridgehead atoms. The van der Waals surface area contributed by atoms with Crippen LogP contribution in [-0.4, -0.2) is 18.8 Å². The van der Waals surface area contributed by atoms with E-state index >= 15 is 0 Å². The number of rotatable bonds is 4. The maximum atomic E-state index is 8.80. The van der Waals surface area contributed by atoms with Gasteiger partial charge in [-0.25, -0.2) is 0 Å². The normalized spacial score (nSPS) is 23.5. The van der Waals surface area contributed by atoms with Crippen molar-refractivity contribution in [3.8, 4) is 6.07 Å². The quantitative estimate of drug-likeness (QED) is 0.862. The predicted molar refractivity (Wildman–Crippen MR) is 66.4 cm³/mol. The average molecular weight is 230 g/mol. The lowest BCUT2D eigenvalue weighted by Crippen LogP contribution is -2.26. The standard InChI is InChI=1S/C14H18N2O/c1-11-5-6-14(17-11)10-16-9-13-4-2-3-12(7-13)8-15/h2-4,7,11,14,16H,5-6,9-10H2,1H3. The average Bonchev–Trinajstić information content (AvgIpc) is 2.75. The molecular weight excluding hydrogens is 212 g/mol. The van der Waals surface area contributed by atoms with Crippen LogP contribution in [0.3, 0.4) is 0 Å². The van der Waals surface area contributed by atoms with Crippen molar-refractivity contribution in [3.05, 3.63) is 35.4 Å². The van der Waals surface area contributed by atoms with Crippen molar-refractivity contribution in [3.63, 3.8) is 0 Å². The fraction of sp³-hybridized carbons (Fsp3) is 0.500. The molecular formula is C14H18N2O. The minimum Gasteiger partial charge on any atom is -0.374 e. The van der Waals surface area contributed by atoms with E-state index < -0.39 is 0 Å². The Hall–Kier alpha value is -1.37. The number of hydrogen-bond donors (Lipinski definition) is 1. The van der Waals surface area contributed by atoms with Crippen LogP contribution in [-0.2, 0) is 11.3 Å². The van der Waals surface area contributed by atoms with E-state index in [1.807, 2.05) is 24.3 Å². The molecule has 0 aromatic heterocycles. The van der Waals surface area contributed by atoms with Gasteiger partial charge in [-0.2, -0.15) is 5.26 Å². The fourth-order valence-corrected chi connectivity index (χ4v) is 2.16. The molecule has 1 heterocycles. The number of ether oxygens (including phenoxy) is 1. The minimum absolute atomic E-state index is 0.351. The Kier molecular flexibility index (Phi) is 4.13. The van der Waals surface area contributed by atoms with E-state index in [1.54, 1.807) is 0 Å². The van der Waals surface area contributed by atoms with Crippen LogP contribution in [0.1, 0.15) is 30.9 Å². The Morgan fingerprint density at radius 1 is 1.47 bits per heavy atom. The van der Waals surface area contributed by atoms with Crippen LogP contribution < -0.4 is 5.32 Å². The molecule has 1 aromatic rings. The second-order valence-corrected chi connectivity index (χ2v) is 4.59. The lowest BCUT2D eigenvalue weighted by molar-refractivity contribution is 0.0559. The van der Waals surface area contributed by atoms with Gasteiger partial charge in [0.1, 0.15) is 0 Å². The van der Waals surface area contributed by atoms with Crippen molar-refractivity contribution in [2.45, 2.75) is 38.5 Å². The van der Waals surface area contributed by atoms with Gasteiger partial charge in [0, 0.05) is 13.1 Å². The SMILES string of the molecule is CC1CCC(CNCc2cccc(C#N)c2)O1. The molecule has 3 heteroatoms. The zero-order chi connectivity index (χ0) is 12.1. The largest absolute Gasteiger partial charge is 0.374 e. The first-order chi connectivity index (χ1) is 8.28. The highest BCUT2D eigenvalue weighted by atomic mass is 16.5. The molecule has 1 aliphatic rings. The molecule has 90 valence electrons. The monoisotopic (exact) mass is 230 g/mol. The maximum Gasteiger partial charge on any atom is 0.0991 e. The highest BCUT2D eigenvalue weighted by Gasteiger charge is 2.20. The Balaban J connectivity index is 1.76. The van der Waals surface area contributed by atoms with Gasteiger partial charge in [0.15, 0.2) is 0 Å². The zero-order valence-corrected chi connectivity index (χ0v) is 10.1. The van der Waals surface area contributed by atoms with Gasteiger partial charge in [0.2, 0.25) is 0 Å². The first-order valence-electron chi connectivity index (χ1n) is 6.13. The minimum atomic E-state index is 0.351. The molecule has 3 nitrogen and oxygen atoms in total. The van der Waals surface area contributed by atoms with Crippen LogP contribution in [0.15, 0.2) is 24.3 Å². The number of benzene rings is 1. The molecule has 2 rings (SSSR count). The summed E-state index contributed by atoms with van der Waals surface area (Å²) in [6.07, 6.45) is 3.07. The maximum absolute atomic E-state index is 8.80. The Morgan fingerprint density at radius 2 is 2.35 bits per heavy atom. The molecule has 2 atom stereocenters. The summed E-state index contributed by atoms with van der Waals surface area (Å²) < 4.78 is 5.73. The summed E-state index contributed by atoms with van der Waals surface area (Å²) in [7, 11) is 0. The van der Waals surface area contributed by atoms with E-state index in [0.717, 1.165) is 37.1 Å². The van der Waals surface area contributed by atoms with E-state index in [-0.39, 0.29) is 0 Å². The van der Waals surface area contributed by atoms with Crippen LogP contribution in [0.5, 0.6) is 0 Å². The molecule has 1 N–H and O–H groups in total. The summed E-state index contributed by atoms with van der Waals surface area (Å²) in [5.74, 6) is 0. The van der Waals surface area contributed by atoms with E-state index in [9.17, 15) is 0 Å². The molecule has 0 spiro atoms. The lowest BCUT2D eigenvalue weighted by atomic mass is 10.1. The van der Waals surface area contributed by atoms with Gasteiger partial charge in [-0.3, -0.25) is 0 Å². The summed E-state index contributed by atoms with van der Waals surface area (Å²) in [6, 6.07) is 9.85. The number of nitrogens with one attached hydrogen (secondary N) is 1. The van der Waals surface area contributed by atoms with Gasteiger partial charge < -0.3 is 10.1 Å². The molecule has 0 radical (unpaired) electrons. The predicted octanol–water partition coefficient (Wildman–Crippen LogP) is 2.22. The molecule has 1 fully saturated rings. The van der Waals surface area contributed by atoms with Crippen molar-refractivity contribution >= 4 is 0 Å². The van der Waals surface area contributed by atoms with E-state index in [1.165, 1.54) is 0 Å².